The van der Waals surface area contributed by atoms with Crippen LogP contribution in [0.15, 0.2) is 24.3 Å². The Morgan fingerprint density at radius 2 is 1.96 bits per heavy atom. The molecule has 4 N–H and O–H groups in total. The minimum atomic E-state index is -0.843. The molecule has 3 rings (SSSR count). The smallest absolute Gasteiger partial charge is 0.258 e. The van der Waals surface area contributed by atoms with Gasteiger partial charge in [-0.2, -0.15) is 4.98 Å². The van der Waals surface area contributed by atoms with Crippen LogP contribution in [-0.4, -0.2) is 16.9 Å². The van der Waals surface area contributed by atoms with Crippen molar-refractivity contribution in [3.05, 3.63) is 47.0 Å². The molecule has 0 atom stereocenters. The van der Waals surface area contributed by atoms with Gasteiger partial charge in [0, 0.05) is 17.2 Å². The molecule has 1 aliphatic carbocycles. The van der Waals surface area contributed by atoms with E-state index in [1.165, 1.54) is 19.4 Å². The highest BCUT2D eigenvalue weighted by atomic mass is 19.1. The Morgan fingerprint density at radius 1 is 1.23 bits per heavy atom. The Kier molecular flexibility index (Phi) is 5.35. The maximum absolute atomic E-state index is 14.4. The molecule has 2 aromatic rings. The molecule has 1 heterocycles. The lowest BCUT2D eigenvalue weighted by atomic mass is 9.95. The molecule has 138 valence electrons. The molecule has 0 spiro atoms. The average molecular weight is 360 g/mol. The first-order valence-electron chi connectivity index (χ1n) is 8.70. The lowest BCUT2D eigenvalue weighted by molar-refractivity contribution is 0.411. The number of anilines is 1. The molecule has 0 saturated heterocycles. The Balaban J connectivity index is 1.89. The Labute approximate surface area is 151 Å². The van der Waals surface area contributed by atoms with Gasteiger partial charge in [-0.25, -0.2) is 8.78 Å². The molecule has 0 aliphatic heterocycles. The molecule has 1 saturated carbocycles. The van der Waals surface area contributed by atoms with Gasteiger partial charge in [0.25, 0.3) is 5.88 Å². The van der Waals surface area contributed by atoms with E-state index in [-0.39, 0.29) is 34.9 Å². The van der Waals surface area contributed by atoms with E-state index < -0.39 is 11.6 Å². The van der Waals surface area contributed by atoms with Crippen LogP contribution < -0.4 is 15.8 Å². The number of aromatic nitrogens is 1. The van der Waals surface area contributed by atoms with Crippen LogP contribution in [-0.2, 0) is 0 Å². The van der Waals surface area contributed by atoms with Gasteiger partial charge in [-0.05, 0) is 31.9 Å². The number of benzene rings is 1. The summed E-state index contributed by atoms with van der Waals surface area (Å²) >= 11 is 0. The molecular weight excluding hydrogens is 338 g/mol. The highest BCUT2D eigenvalue weighted by molar-refractivity contribution is 5.95. The fraction of sp³-hybridized carbons (Fsp3) is 0.368. The van der Waals surface area contributed by atoms with Crippen molar-refractivity contribution < 1.29 is 13.5 Å². The van der Waals surface area contributed by atoms with E-state index in [0.29, 0.717) is 5.56 Å². The molecule has 1 fully saturated rings. The molecule has 7 heteroatoms. The molecule has 0 amide bonds. The zero-order chi connectivity index (χ0) is 18.7. The predicted molar refractivity (Wildman–Crippen MR) is 96.9 cm³/mol. The van der Waals surface area contributed by atoms with Gasteiger partial charge in [0.2, 0.25) is 0 Å². The fourth-order valence-corrected chi connectivity index (χ4v) is 3.08. The van der Waals surface area contributed by atoms with Crippen molar-refractivity contribution in [1.29, 1.82) is 5.41 Å². The number of amidine groups is 1. The van der Waals surface area contributed by atoms with Crippen molar-refractivity contribution in [1.82, 2.24) is 4.98 Å². The van der Waals surface area contributed by atoms with Crippen molar-refractivity contribution in [3.8, 4) is 11.6 Å². The normalized spacial score (nSPS) is 14.9. The summed E-state index contributed by atoms with van der Waals surface area (Å²) in [5.41, 5.74) is 5.76. The molecule has 1 aromatic heterocycles. The van der Waals surface area contributed by atoms with Gasteiger partial charge in [0.15, 0.2) is 17.5 Å². The maximum atomic E-state index is 14.4. The van der Waals surface area contributed by atoms with Crippen molar-refractivity contribution in [2.24, 2.45) is 5.73 Å². The first-order valence-corrected chi connectivity index (χ1v) is 8.70. The maximum Gasteiger partial charge on any atom is 0.258 e. The Morgan fingerprint density at radius 3 is 2.65 bits per heavy atom. The number of hydrogen-bond acceptors (Lipinski definition) is 4. The Bertz CT molecular complexity index is 819. The number of nitrogens with two attached hydrogens (primary N) is 1. The molecule has 1 aromatic carbocycles. The summed E-state index contributed by atoms with van der Waals surface area (Å²) < 4.78 is 34.4. The van der Waals surface area contributed by atoms with E-state index in [0.717, 1.165) is 25.7 Å². The van der Waals surface area contributed by atoms with E-state index in [1.807, 2.05) is 0 Å². The zero-order valence-electron chi connectivity index (χ0n) is 14.6. The second kappa shape index (κ2) is 7.68. The monoisotopic (exact) mass is 360 g/mol. The molecule has 0 bridgehead atoms. The highest BCUT2D eigenvalue weighted by Crippen LogP contribution is 2.31. The van der Waals surface area contributed by atoms with Gasteiger partial charge in [0.05, 0.1) is 0 Å². The predicted octanol–water partition coefficient (Wildman–Crippen LogP) is 4.49. The number of nitrogens with one attached hydrogen (secondary N) is 2. The summed E-state index contributed by atoms with van der Waals surface area (Å²) in [6.07, 6.45) is 5.22. The van der Waals surface area contributed by atoms with E-state index in [9.17, 15) is 8.78 Å². The topological polar surface area (TPSA) is 84.0 Å². The quantitative estimate of drug-likeness (QED) is 0.542. The van der Waals surface area contributed by atoms with E-state index >= 15 is 0 Å². The van der Waals surface area contributed by atoms with E-state index in [1.54, 1.807) is 18.2 Å². The van der Waals surface area contributed by atoms with Crippen molar-refractivity contribution in [2.45, 2.75) is 45.1 Å². The van der Waals surface area contributed by atoms with E-state index in [2.05, 4.69) is 10.3 Å². The summed E-state index contributed by atoms with van der Waals surface area (Å²) in [4.78, 5) is 4.03. The van der Waals surface area contributed by atoms with Crippen LogP contribution in [0.5, 0.6) is 11.6 Å². The van der Waals surface area contributed by atoms with Gasteiger partial charge in [-0.1, -0.05) is 31.4 Å². The summed E-state index contributed by atoms with van der Waals surface area (Å²) in [5.74, 6) is -1.68. The lowest BCUT2D eigenvalue weighted by Gasteiger charge is -2.24. The molecule has 26 heavy (non-hydrogen) atoms. The minimum absolute atomic E-state index is 0.00789. The summed E-state index contributed by atoms with van der Waals surface area (Å²) in [6.45, 7) is 1.36. The van der Waals surface area contributed by atoms with E-state index in [4.69, 9.17) is 15.9 Å². The van der Waals surface area contributed by atoms with Crippen LogP contribution >= 0.6 is 0 Å². The second-order valence-electron chi connectivity index (χ2n) is 6.54. The summed E-state index contributed by atoms with van der Waals surface area (Å²) in [5, 5.41) is 10.6. The standard InChI is InChI=1S/C19H22F2N4O/c1-11-15(20)18(24-13-7-3-2-4-8-13)25-19(16(11)21)26-14-9-5-6-12(10-14)17(22)23/h5-6,9-10,13H,2-4,7-8H2,1H3,(H3,22,23)(H,24,25). The van der Waals surface area contributed by atoms with Gasteiger partial charge < -0.3 is 15.8 Å². The number of rotatable bonds is 5. The van der Waals surface area contributed by atoms with Gasteiger partial charge in [0.1, 0.15) is 11.6 Å². The zero-order valence-corrected chi connectivity index (χ0v) is 14.6. The highest BCUT2D eigenvalue weighted by Gasteiger charge is 2.22. The number of pyridine rings is 1. The van der Waals surface area contributed by atoms with Gasteiger partial charge >= 0.3 is 0 Å². The van der Waals surface area contributed by atoms with Crippen LogP contribution in [0.1, 0.15) is 43.2 Å². The summed E-state index contributed by atoms with van der Waals surface area (Å²) in [7, 11) is 0. The minimum Gasteiger partial charge on any atom is -0.436 e. The number of halogens is 2. The number of nitrogen functional groups attached to an aromatic ring is 1. The second-order valence-corrected chi connectivity index (χ2v) is 6.54. The molecule has 0 radical (unpaired) electrons. The molecule has 1 aliphatic rings. The number of ether oxygens (including phenoxy) is 1. The van der Waals surface area contributed by atoms with Crippen LogP contribution in [0.3, 0.4) is 0 Å². The van der Waals surface area contributed by atoms with Crippen molar-refractivity contribution in [3.63, 3.8) is 0 Å². The largest absolute Gasteiger partial charge is 0.436 e. The van der Waals surface area contributed by atoms with Gasteiger partial charge in [-0.3, -0.25) is 5.41 Å². The third-order valence-electron chi connectivity index (χ3n) is 4.57. The van der Waals surface area contributed by atoms with Crippen molar-refractivity contribution >= 4 is 11.7 Å². The first kappa shape index (κ1) is 18.1. The van der Waals surface area contributed by atoms with Crippen LogP contribution in [0.25, 0.3) is 0 Å². The van der Waals surface area contributed by atoms with Gasteiger partial charge in [-0.15, -0.1) is 0 Å². The third kappa shape index (κ3) is 3.92. The number of hydrogen-bond donors (Lipinski definition) is 3. The average Bonchev–Trinajstić information content (AvgIpc) is 2.65. The summed E-state index contributed by atoms with van der Waals surface area (Å²) in [6, 6.07) is 6.52. The SMILES string of the molecule is Cc1c(F)c(NC2CCCCC2)nc(Oc2cccc(C(=N)N)c2)c1F. The van der Waals surface area contributed by atoms with Crippen molar-refractivity contribution in [2.75, 3.05) is 5.32 Å². The first-order chi connectivity index (χ1) is 12.5. The van der Waals surface area contributed by atoms with Crippen LogP contribution in [0, 0.1) is 24.0 Å². The third-order valence-corrected chi connectivity index (χ3v) is 4.57. The lowest BCUT2D eigenvalue weighted by Crippen LogP contribution is -2.24. The Hall–Kier alpha value is -2.70. The van der Waals surface area contributed by atoms with Crippen LogP contribution in [0.4, 0.5) is 14.6 Å². The van der Waals surface area contributed by atoms with Crippen LogP contribution in [0.2, 0.25) is 0 Å². The molecule has 5 nitrogen and oxygen atoms in total. The molecule has 0 unspecified atom stereocenters. The molecular formula is C19H22F2N4O. The number of nitrogens with zero attached hydrogens (tertiary/aromatic N) is 1. The fourth-order valence-electron chi connectivity index (χ4n) is 3.08.